The summed E-state index contributed by atoms with van der Waals surface area (Å²) < 4.78 is 7.34. The van der Waals surface area contributed by atoms with Gasteiger partial charge in [0.2, 0.25) is 0 Å². The molecule has 1 aliphatic rings. The molecule has 1 fully saturated rings. The predicted octanol–water partition coefficient (Wildman–Crippen LogP) is 0.731. The second kappa shape index (κ2) is 5.28. The highest BCUT2D eigenvalue weighted by atomic mass is 16.5. The Kier molecular flexibility index (Phi) is 3.75. The summed E-state index contributed by atoms with van der Waals surface area (Å²) in [6.45, 7) is 2.80. The van der Waals surface area contributed by atoms with E-state index in [1.807, 2.05) is 17.9 Å². The van der Waals surface area contributed by atoms with Crippen molar-refractivity contribution >= 4 is 0 Å². The summed E-state index contributed by atoms with van der Waals surface area (Å²) in [5, 5.41) is 7.67. The number of hydrogen-bond acceptors (Lipinski definition) is 3. The van der Waals surface area contributed by atoms with Crippen molar-refractivity contribution in [3.63, 3.8) is 0 Å². The van der Waals surface area contributed by atoms with Crippen LogP contribution in [-0.2, 0) is 18.2 Å². The van der Waals surface area contributed by atoms with Crippen LogP contribution in [0.1, 0.15) is 18.5 Å². The van der Waals surface area contributed by atoms with Gasteiger partial charge in [0.1, 0.15) is 0 Å². The van der Waals surface area contributed by atoms with Crippen molar-refractivity contribution in [2.24, 2.45) is 7.05 Å². The molecule has 0 aliphatic carbocycles. The molecule has 4 nitrogen and oxygen atoms in total. The standard InChI is InChI=1S/C11H19N3O/c1-14-11(5-7-13-14)4-6-12-10-3-2-8-15-9-10/h5,7,10,12H,2-4,6,8-9H2,1H3. The second-order valence-electron chi connectivity index (χ2n) is 4.06. The summed E-state index contributed by atoms with van der Waals surface area (Å²) >= 11 is 0. The maximum absolute atomic E-state index is 5.41. The van der Waals surface area contributed by atoms with E-state index < -0.39 is 0 Å². The number of nitrogens with zero attached hydrogens (tertiary/aromatic N) is 2. The van der Waals surface area contributed by atoms with E-state index >= 15 is 0 Å². The van der Waals surface area contributed by atoms with Crippen LogP contribution >= 0.6 is 0 Å². The van der Waals surface area contributed by atoms with Gasteiger partial charge in [-0.15, -0.1) is 0 Å². The average Bonchev–Trinajstić information content (AvgIpc) is 2.66. The molecule has 1 aromatic rings. The van der Waals surface area contributed by atoms with Crippen molar-refractivity contribution in [1.82, 2.24) is 15.1 Å². The molecule has 15 heavy (non-hydrogen) atoms. The molecule has 1 saturated heterocycles. The minimum absolute atomic E-state index is 0.548. The highest BCUT2D eigenvalue weighted by molar-refractivity contribution is 5.00. The molecule has 2 rings (SSSR count). The second-order valence-corrected chi connectivity index (χ2v) is 4.06. The van der Waals surface area contributed by atoms with Crippen molar-refractivity contribution in [1.29, 1.82) is 0 Å². The molecule has 1 N–H and O–H groups in total. The largest absolute Gasteiger partial charge is 0.380 e. The van der Waals surface area contributed by atoms with Gasteiger partial charge in [-0.1, -0.05) is 0 Å². The number of ether oxygens (including phenoxy) is 1. The monoisotopic (exact) mass is 209 g/mol. The van der Waals surface area contributed by atoms with E-state index in [2.05, 4.69) is 16.5 Å². The van der Waals surface area contributed by atoms with Gasteiger partial charge in [0, 0.05) is 44.6 Å². The summed E-state index contributed by atoms with van der Waals surface area (Å²) in [6, 6.07) is 2.62. The molecule has 0 radical (unpaired) electrons. The number of hydrogen-bond donors (Lipinski definition) is 1. The normalized spacial score (nSPS) is 21.8. The fourth-order valence-corrected chi connectivity index (χ4v) is 1.95. The number of nitrogens with one attached hydrogen (secondary N) is 1. The highest BCUT2D eigenvalue weighted by Crippen LogP contribution is 2.05. The summed E-state index contributed by atoms with van der Waals surface area (Å²) in [4.78, 5) is 0. The number of aromatic nitrogens is 2. The van der Waals surface area contributed by atoms with E-state index in [-0.39, 0.29) is 0 Å². The first-order valence-corrected chi connectivity index (χ1v) is 5.64. The Hall–Kier alpha value is -0.870. The quantitative estimate of drug-likeness (QED) is 0.794. The Morgan fingerprint density at radius 2 is 2.60 bits per heavy atom. The number of aryl methyl sites for hydroxylation is 1. The van der Waals surface area contributed by atoms with E-state index in [0.717, 1.165) is 26.2 Å². The summed E-state index contributed by atoms with van der Waals surface area (Å²) in [5.74, 6) is 0. The van der Waals surface area contributed by atoms with Crippen LogP contribution in [0, 0.1) is 0 Å². The lowest BCUT2D eigenvalue weighted by Gasteiger charge is -2.23. The lowest BCUT2D eigenvalue weighted by atomic mass is 10.1. The lowest BCUT2D eigenvalue weighted by molar-refractivity contribution is 0.0707. The third-order valence-corrected chi connectivity index (χ3v) is 2.90. The van der Waals surface area contributed by atoms with E-state index in [0.29, 0.717) is 6.04 Å². The Bertz CT molecular complexity index is 292. The molecule has 1 aromatic heterocycles. The smallest absolute Gasteiger partial charge is 0.0619 e. The van der Waals surface area contributed by atoms with E-state index in [1.165, 1.54) is 18.5 Å². The van der Waals surface area contributed by atoms with Crippen LogP contribution in [0.4, 0.5) is 0 Å². The molecule has 2 heterocycles. The van der Waals surface area contributed by atoms with Gasteiger partial charge >= 0.3 is 0 Å². The van der Waals surface area contributed by atoms with Crippen molar-refractivity contribution in [3.05, 3.63) is 18.0 Å². The maximum atomic E-state index is 5.41. The average molecular weight is 209 g/mol. The molecule has 0 aromatic carbocycles. The van der Waals surface area contributed by atoms with Crippen molar-refractivity contribution in [2.75, 3.05) is 19.8 Å². The SMILES string of the molecule is Cn1nccc1CCNC1CCCOC1. The van der Waals surface area contributed by atoms with Crippen LogP contribution in [0.15, 0.2) is 12.3 Å². The Balaban J connectivity index is 1.68. The lowest BCUT2D eigenvalue weighted by Crippen LogP contribution is -2.37. The maximum Gasteiger partial charge on any atom is 0.0619 e. The van der Waals surface area contributed by atoms with E-state index in [1.54, 1.807) is 0 Å². The minimum atomic E-state index is 0.548. The van der Waals surface area contributed by atoms with Crippen LogP contribution < -0.4 is 5.32 Å². The van der Waals surface area contributed by atoms with Crippen LogP contribution in [0.5, 0.6) is 0 Å². The van der Waals surface area contributed by atoms with E-state index in [4.69, 9.17) is 4.74 Å². The molecule has 1 aliphatic heterocycles. The van der Waals surface area contributed by atoms with E-state index in [9.17, 15) is 0 Å². The Morgan fingerprint density at radius 1 is 1.67 bits per heavy atom. The minimum Gasteiger partial charge on any atom is -0.380 e. The molecule has 0 bridgehead atoms. The van der Waals surface area contributed by atoms with Gasteiger partial charge in [-0.3, -0.25) is 4.68 Å². The number of rotatable bonds is 4. The molecule has 84 valence electrons. The first-order valence-electron chi connectivity index (χ1n) is 5.64. The zero-order valence-corrected chi connectivity index (χ0v) is 9.28. The molecule has 1 unspecified atom stereocenters. The topological polar surface area (TPSA) is 39.1 Å². The predicted molar refractivity (Wildman–Crippen MR) is 58.8 cm³/mol. The molecular weight excluding hydrogens is 190 g/mol. The van der Waals surface area contributed by atoms with Gasteiger partial charge in [0.25, 0.3) is 0 Å². The van der Waals surface area contributed by atoms with Gasteiger partial charge in [-0.05, 0) is 18.9 Å². The van der Waals surface area contributed by atoms with Crippen LogP contribution in [0.3, 0.4) is 0 Å². The van der Waals surface area contributed by atoms with Crippen molar-refractivity contribution in [2.45, 2.75) is 25.3 Å². The van der Waals surface area contributed by atoms with Crippen molar-refractivity contribution in [3.8, 4) is 0 Å². The van der Waals surface area contributed by atoms with Gasteiger partial charge in [-0.25, -0.2) is 0 Å². The summed E-state index contributed by atoms with van der Waals surface area (Å²) in [7, 11) is 1.99. The van der Waals surface area contributed by atoms with Crippen LogP contribution in [0.2, 0.25) is 0 Å². The van der Waals surface area contributed by atoms with Gasteiger partial charge in [-0.2, -0.15) is 5.10 Å². The first-order chi connectivity index (χ1) is 7.36. The fourth-order valence-electron chi connectivity index (χ4n) is 1.95. The van der Waals surface area contributed by atoms with Gasteiger partial charge in [0.15, 0.2) is 0 Å². The molecule has 0 amide bonds. The first kappa shape index (κ1) is 10.6. The zero-order chi connectivity index (χ0) is 10.5. The Morgan fingerprint density at radius 3 is 3.27 bits per heavy atom. The third-order valence-electron chi connectivity index (χ3n) is 2.90. The molecular formula is C11H19N3O. The highest BCUT2D eigenvalue weighted by Gasteiger charge is 2.12. The van der Waals surface area contributed by atoms with Crippen LogP contribution in [-0.4, -0.2) is 35.6 Å². The van der Waals surface area contributed by atoms with Crippen LogP contribution in [0.25, 0.3) is 0 Å². The fraction of sp³-hybridized carbons (Fsp3) is 0.727. The molecule has 4 heteroatoms. The molecule has 0 saturated carbocycles. The molecule has 1 atom stereocenters. The zero-order valence-electron chi connectivity index (χ0n) is 9.28. The summed E-state index contributed by atoms with van der Waals surface area (Å²) in [5.41, 5.74) is 1.28. The Labute approximate surface area is 90.6 Å². The molecule has 0 spiro atoms. The third kappa shape index (κ3) is 3.04. The van der Waals surface area contributed by atoms with Gasteiger partial charge in [0.05, 0.1) is 6.61 Å². The summed E-state index contributed by atoms with van der Waals surface area (Å²) in [6.07, 6.45) is 5.31. The van der Waals surface area contributed by atoms with Gasteiger partial charge < -0.3 is 10.1 Å². The van der Waals surface area contributed by atoms with Crippen molar-refractivity contribution < 1.29 is 4.74 Å².